The van der Waals surface area contributed by atoms with E-state index in [1.54, 1.807) is 6.92 Å². The van der Waals surface area contributed by atoms with Crippen molar-refractivity contribution in [1.82, 2.24) is 15.5 Å². The van der Waals surface area contributed by atoms with Crippen LogP contribution in [0.4, 0.5) is 0 Å². The van der Waals surface area contributed by atoms with Crippen LogP contribution in [0.5, 0.6) is 5.75 Å². The van der Waals surface area contributed by atoms with Crippen molar-refractivity contribution in [3.63, 3.8) is 0 Å². The number of carbonyl (C=O) groups is 2. The molecule has 0 aliphatic carbocycles. The molecule has 2 aliphatic heterocycles. The topological polar surface area (TPSA) is 70.7 Å². The van der Waals surface area contributed by atoms with Crippen LogP contribution >= 0.6 is 23.2 Å². The van der Waals surface area contributed by atoms with Crippen molar-refractivity contribution in [1.29, 1.82) is 0 Å². The maximum Gasteiger partial charge on any atom is 0.249 e. The molecule has 220 valence electrons. The van der Waals surface area contributed by atoms with Crippen LogP contribution in [0.25, 0.3) is 5.57 Å². The highest BCUT2D eigenvalue weighted by molar-refractivity contribution is 6.32. The lowest BCUT2D eigenvalue weighted by Gasteiger charge is -2.44. The van der Waals surface area contributed by atoms with Crippen LogP contribution in [0.15, 0.2) is 78.4 Å². The summed E-state index contributed by atoms with van der Waals surface area (Å²) in [5.41, 5.74) is 5.14. The van der Waals surface area contributed by atoms with E-state index in [2.05, 4.69) is 34.9 Å². The molecule has 0 unspecified atom stereocenters. The Morgan fingerprint density at radius 3 is 2.40 bits per heavy atom. The molecule has 8 heteroatoms. The molecular weight excluding hydrogens is 569 g/mol. The molecule has 42 heavy (non-hydrogen) atoms. The Balaban J connectivity index is 1.26. The smallest absolute Gasteiger partial charge is 0.249 e. The second kappa shape index (κ2) is 14.2. The van der Waals surface area contributed by atoms with Gasteiger partial charge in [0.2, 0.25) is 11.8 Å². The van der Waals surface area contributed by atoms with E-state index in [4.69, 9.17) is 27.9 Å². The minimum atomic E-state index is -0.207. The molecule has 2 heterocycles. The van der Waals surface area contributed by atoms with Crippen LogP contribution in [0.2, 0.25) is 10.0 Å². The Kier molecular flexibility index (Phi) is 10.2. The van der Waals surface area contributed by atoms with Gasteiger partial charge in [-0.1, -0.05) is 77.8 Å². The molecule has 1 saturated heterocycles. The van der Waals surface area contributed by atoms with E-state index in [9.17, 15) is 9.59 Å². The number of benzene rings is 3. The molecule has 6 nitrogen and oxygen atoms in total. The maximum atomic E-state index is 13.7. The highest BCUT2D eigenvalue weighted by Crippen LogP contribution is 2.33. The van der Waals surface area contributed by atoms with Gasteiger partial charge in [-0.2, -0.15) is 0 Å². The number of hydrogen-bond acceptors (Lipinski definition) is 4. The van der Waals surface area contributed by atoms with E-state index in [0.29, 0.717) is 43.4 Å². The van der Waals surface area contributed by atoms with Gasteiger partial charge in [0.15, 0.2) is 0 Å². The van der Waals surface area contributed by atoms with E-state index in [1.165, 1.54) is 5.56 Å². The first-order valence-electron chi connectivity index (χ1n) is 14.6. The molecule has 2 aliphatic rings. The van der Waals surface area contributed by atoms with Crippen molar-refractivity contribution in [2.75, 3.05) is 26.2 Å². The number of rotatable bonds is 11. The largest absolute Gasteiger partial charge is 0.492 e. The third kappa shape index (κ3) is 7.54. The van der Waals surface area contributed by atoms with Crippen molar-refractivity contribution in [2.45, 2.75) is 51.1 Å². The predicted molar refractivity (Wildman–Crippen MR) is 169 cm³/mol. The van der Waals surface area contributed by atoms with E-state index < -0.39 is 0 Å². The van der Waals surface area contributed by atoms with Crippen molar-refractivity contribution < 1.29 is 14.3 Å². The number of para-hydroxylation sites is 1. The van der Waals surface area contributed by atoms with Gasteiger partial charge >= 0.3 is 0 Å². The Morgan fingerprint density at radius 2 is 1.67 bits per heavy atom. The van der Waals surface area contributed by atoms with Crippen LogP contribution in [-0.2, 0) is 22.4 Å². The average molecular weight is 607 g/mol. The molecular formula is C34H37Cl2N3O3. The molecule has 2 N–H and O–H groups in total. The first kappa shape index (κ1) is 30.1. The number of hydrogen-bond donors (Lipinski definition) is 2. The third-order valence-electron chi connectivity index (χ3n) is 7.97. The normalized spacial score (nSPS) is 18.1. The molecule has 0 radical (unpaired) electrons. The third-order valence-corrected chi connectivity index (χ3v) is 8.65. The molecule has 0 spiro atoms. The van der Waals surface area contributed by atoms with E-state index in [-0.39, 0.29) is 23.9 Å². The Hall–Kier alpha value is -3.32. The number of fused-ring (bicyclic) bond motifs is 2. The summed E-state index contributed by atoms with van der Waals surface area (Å²) in [4.78, 5) is 27.7. The van der Waals surface area contributed by atoms with Crippen molar-refractivity contribution in [3.05, 3.63) is 105 Å². The predicted octanol–water partition coefficient (Wildman–Crippen LogP) is 6.10. The lowest BCUT2D eigenvalue weighted by Crippen LogP contribution is -2.61. The number of nitrogens with one attached hydrogen (secondary N) is 2. The lowest BCUT2D eigenvalue weighted by atomic mass is 9.83. The van der Waals surface area contributed by atoms with Crippen LogP contribution < -0.4 is 15.4 Å². The standard InChI is InChI=1S/C34H37Cl2N3O3/c1-23(40)39-21-27-20-28(25-16-14-24(15-17-25)8-7-19-42-32-13-5-4-12-30(32)36)33(31(22-39)38-27)34(41)37-18-6-10-26-9-2-3-11-29(26)35/h2-5,9,11-17,27,31,38H,6-8,10,18-22H2,1H3,(H,37,41)/t27-,31-/m1/s1. The van der Waals surface area contributed by atoms with Crippen LogP contribution in [-0.4, -0.2) is 55.0 Å². The van der Waals surface area contributed by atoms with Crippen molar-refractivity contribution in [3.8, 4) is 5.75 Å². The lowest BCUT2D eigenvalue weighted by molar-refractivity contribution is -0.131. The summed E-state index contributed by atoms with van der Waals surface area (Å²) >= 11 is 12.5. The summed E-state index contributed by atoms with van der Waals surface area (Å²) in [6.45, 7) is 3.85. The molecule has 3 aromatic rings. The average Bonchev–Trinajstić information content (AvgIpc) is 2.99. The van der Waals surface area contributed by atoms with Gasteiger partial charge in [0.25, 0.3) is 0 Å². The quantitative estimate of drug-likeness (QED) is 0.259. The number of piperazine rings is 1. The highest BCUT2D eigenvalue weighted by atomic mass is 35.5. The minimum Gasteiger partial charge on any atom is -0.492 e. The summed E-state index contributed by atoms with van der Waals surface area (Å²) in [6.07, 6.45) is 4.01. The monoisotopic (exact) mass is 605 g/mol. The van der Waals surface area contributed by atoms with Gasteiger partial charge in [-0.3, -0.25) is 9.59 Å². The highest BCUT2D eigenvalue weighted by Gasteiger charge is 2.38. The second-order valence-electron chi connectivity index (χ2n) is 11.0. The summed E-state index contributed by atoms with van der Waals surface area (Å²) in [5.74, 6) is 0.666. The van der Waals surface area contributed by atoms with Crippen LogP contribution in [0.1, 0.15) is 42.9 Å². The molecule has 3 aromatic carbocycles. The molecule has 2 atom stereocenters. The number of amides is 2. The number of halogens is 2. The minimum absolute atomic E-state index is 0.0392. The molecule has 2 bridgehead atoms. The second-order valence-corrected chi connectivity index (χ2v) is 11.8. The van der Waals surface area contributed by atoms with Crippen LogP contribution in [0, 0.1) is 0 Å². The number of carbonyl (C=O) groups excluding carboxylic acids is 2. The molecule has 5 rings (SSSR count). The van der Waals surface area contributed by atoms with Gasteiger partial charge in [0, 0.05) is 43.2 Å². The van der Waals surface area contributed by atoms with Gasteiger partial charge in [-0.25, -0.2) is 0 Å². The Bertz CT molecular complexity index is 1440. The zero-order valence-electron chi connectivity index (χ0n) is 23.9. The number of aryl methyl sites for hydroxylation is 2. The van der Waals surface area contributed by atoms with E-state index >= 15 is 0 Å². The fourth-order valence-corrected chi connectivity index (χ4v) is 6.23. The first-order valence-corrected chi connectivity index (χ1v) is 15.4. The maximum absolute atomic E-state index is 13.7. The first-order chi connectivity index (χ1) is 20.4. The van der Waals surface area contributed by atoms with Gasteiger partial charge in [0.1, 0.15) is 5.75 Å². The molecule has 1 fully saturated rings. The SMILES string of the molecule is CC(=O)N1C[C@H]2CC(c3ccc(CCCOc4ccccc4Cl)cc3)=C(C(=O)NCCCc3ccccc3Cl)[C@@H](C1)N2. The summed E-state index contributed by atoms with van der Waals surface area (Å²) in [6, 6.07) is 23.7. The Morgan fingerprint density at radius 1 is 0.929 bits per heavy atom. The Labute approximate surface area is 258 Å². The molecule has 0 aromatic heterocycles. The van der Waals surface area contributed by atoms with Gasteiger partial charge in [-0.05, 0) is 72.6 Å². The summed E-state index contributed by atoms with van der Waals surface area (Å²) in [5, 5.41) is 8.12. The molecule has 2 amide bonds. The van der Waals surface area contributed by atoms with Crippen molar-refractivity contribution in [2.24, 2.45) is 0 Å². The summed E-state index contributed by atoms with van der Waals surface area (Å²) < 4.78 is 5.83. The number of ether oxygens (including phenoxy) is 1. The molecule has 0 saturated carbocycles. The van der Waals surface area contributed by atoms with E-state index in [1.807, 2.05) is 53.4 Å². The van der Waals surface area contributed by atoms with Crippen LogP contribution in [0.3, 0.4) is 0 Å². The van der Waals surface area contributed by atoms with Gasteiger partial charge < -0.3 is 20.3 Å². The number of nitrogens with zero attached hydrogens (tertiary/aromatic N) is 1. The fourth-order valence-electron chi connectivity index (χ4n) is 5.81. The van der Waals surface area contributed by atoms with Gasteiger partial charge in [-0.15, -0.1) is 0 Å². The zero-order chi connectivity index (χ0) is 29.5. The van der Waals surface area contributed by atoms with E-state index in [0.717, 1.165) is 53.0 Å². The fraction of sp³-hybridized carbons (Fsp3) is 0.353. The van der Waals surface area contributed by atoms with Crippen molar-refractivity contribution >= 4 is 40.6 Å². The zero-order valence-corrected chi connectivity index (χ0v) is 25.4. The van der Waals surface area contributed by atoms with Gasteiger partial charge in [0.05, 0.1) is 17.7 Å². The summed E-state index contributed by atoms with van der Waals surface area (Å²) in [7, 11) is 0.